The van der Waals surface area contributed by atoms with E-state index in [1.54, 1.807) is 36.4 Å². The average Bonchev–Trinajstić information content (AvgIpc) is 2.63. The molecule has 130 valence electrons. The summed E-state index contributed by atoms with van der Waals surface area (Å²) in [4.78, 5) is 5.51. The lowest BCUT2D eigenvalue weighted by Crippen LogP contribution is -1.99. The van der Waals surface area contributed by atoms with Crippen molar-refractivity contribution in [3.8, 4) is 0 Å². The van der Waals surface area contributed by atoms with Crippen molar-refractivity contribution >= 4 is 23.2 Å². The number of aliphatic imine (C=N–C) groups is 1. The number of rotatable bonds is 5. The Labute approximate surface area is 156 Å². The molecule has 3 aromatic carbocycles. The molecule has 1 nitrogen and oxygen atoms in total. The molecule has 4 heteroatoms. The van der Waals surface area contributed by atoms with Crippen LogP contribution in [0, 0.1) is 18.6 Å². The van der Waals surface area contributed by atoms with Crippen LogP contribution in [0.25, 0.3) is 0 Å². The summed E-state index contributed by atoms with van der Waals surface area (Å²) in [6.45, 7) is 1.99. The minimum absolute atomic E-state index is 0.272. The number of nitrogens with zero attached hydrogens (tertiary/aromatic N) is 1. The van der Waals surface area contributed by atoms with Gasteiger partial charge in [0.15, 0.2) is 0 Å². The maximum atomic E-state index is 14.3. The minimum Gasteiger partial charge on any atom is -0.248 e. The Morgan fingerprint density at radius 1 is 0.923 bits per heavy atom. The highest BCUT2D eigenvalue weighted by Gasteiger charge is 2.07. The first-order valence-corrected chi connectivity index (χ1v) is 8.99. The van der Waals surface area contributed by atoms with Gasteiger partial charge in [0.05, 0.1) is 11.4 Å². The van der Waals surface area contributed by atoms with E-state index in [-0.39, 0.29) is 11.6 Å². The third kappa shape index (κ3) is 4.90. The number of halogens is 2. The highest BCUT2D eigenvalue weighted by molar-refractivity contribution is 8.02. The molecule has 0 aliphatic heterocycles. The smallest absolute Gasteiger partial charge is 0.132 e. The molecule has 0 bridgehead atoms. The SMILES string of the molecule is Cc1cccc(N=C(/C=C/Sc2ccc(F)cc2)c2ccccc2F)c1. The number of aryl methyl sites for hydroxylation is 1. The zero-order valence-electron chi connectivity index (χ0n) is 14.2. The van der Waals surface area contributed by atoms with Crippen LogP contribution in [0.5, 0.6) is 0 Å². The van der Waals surface area contributed by atoms with Crippen molar-refractivity contribution in [2.75, 3.05) is 0 Å². The highest BCUT2D eigenvalue weighted by atomic mass is 32.2. The lowest BCUT2D eigenvalue weighted by Gasteiger charge is -2.05. The van der Waals surface area contributed by atoms with Gasteiger partial charge in [0.25, 0.3) is 0 Å². The molecule has 0 radical (unpaired) electrons. The van der Waals surface area contributed by atoms with Gasteiger partial charge in [-0.3, -0.25) is 0 Å². The summed E-state index contributed by atoms with van der Waals surface area (Å²) in [6.07, 6.45) is 1.77. The standard InChI is InChI=1S/C22H17F2NS/c1-16-5-4-6-18(15-16)25-22(20-7-2-3-8-21(20)24)13-14-26-19-11-9-17(23)10-12-19/h2-15H,1H3/b14-13+,25-22?. The number of thioether (sulfide) groups is 1. The number of allylic oxidation sites excluding steroid dienone is 1. The maximum absolute atomic E-state index is 14.3. The molecule has 0 amide bonds. The molecule has 3 rings (SSSR count). The quantitative estimate of drug-likeness (QED) is 0.362. The topological polar surface area (TPSA) is 12.4 Å². The first-order valence-electron chi connectivity index (χ1n) is 8.11. The molecule has 0 aliphatic rings. The molecule has 3 aromatic rings. The maximum Gasteiger partial charge on any atom is 0.132 e. The van der Waals surface area contributed by atoms with Gasteiger partial charge in [-0.1, -0.05) is 36.0 Å². The van der Waals surface area contributed by atoms with Crippen molar-refractivity contribution in [3.63, 3.8) is 0 Å². The Hall–Kier alpha value is -2.72. The second-order valence-electron chi connectivity index (χ2n) is 5.69. The van der Waals surface area contributed by atoms with E-state index >= 15 is 0 Å². The molecule has 0 saturated carbocycles. The van der Waals surface area contributed by atoms with Crippen LogP contribution in [0.3, 0.4) is 0 Å². The molecule has 0 heterocycles. The fourth-order valence-corrected chi connectivity index (χ4v) is 3.03. The molecule has 0 atom stereocenters. The van der Waals surface area contributed by atoms with E-state index in [0.29, 0.717) is 11.3 Å². The number of hydrogen-bond donors (Lipinski definition) is 0. The number of benzene rings is 3. The van der Waals surface area contributed by atoms with E-state index in [2.05, 4.69) is 4.99 Å². The van der Waals surface area contributed by atoms with Gasteiger partial charge in [0.1, 0.15) is 11.6 Å². The fraction of sp³-hybridized carbons (Fsp3) is 0.0455. The molecule has 0 aromatic heterocycles. The van der Waals surface area contributed by atoms with E-state index in [1.807, 2.05) is 36.6 Å². The summed E-state index contributed by atoms with van der Waals surface area (Å²) in [5.41, 5.74) is 2.82. The summed E-state index contributed by atoms with van der Waals surface area (Å²) in [5.74, 6) is -0.596. The van der Waals surface area contributed by atoms with Gasteiger partial charge in [-0.2, -0.15) is 0 Å². The zero-order chi connectivity index (χ0) is 18.4. The average molecular weight is 365 g/mol. The third-order valence-electron chi connectivity index (χ3n) is 3.64. The van der Waals surface area contributed by atoms with Crippen LogP contribution < -0.4 is 0 Å². The summed E-state index contributed by atoms with van der Waals surface area (Å²) in [5, 5.41) is 1.83. The van der Waals surface area contributed by atoms with E-state index in [1.165, 1.54) is 30.0 Å². The second kappa shape index (κ2) is 8.59. The molecular formula is C22H17F2NS. The van der Waals surface area contributed by atoms with Gasteiger partial charge < -0.3 is 0 Å². The Balaban J connectivity index is 1.91. The Kier molecular flexibility index (Phi) is 5.97. The van der Waals surface area contributed by atoms with Crippen molar-refractivity contribution in [1.82, 2.24) is 0 Å². The van der Waals surface area contributed by atoms with Crippen LogP contribution in [0.2, 0.25) is 0 Å². The van der Waals surface area contributed by atoms with Crippen molar-refractivity contribution in [3.05, 3.63) is 107 Å². The molecule has 0 fully saturated rings. The van der Waals surface area contributed by atoms with Gasteiger partial charge >= 0.3 is 0 Å². The van der Waals surface area contributed by atoms with E-state index in [0.717, 1.165) is 16.1 Å². The van der Waals surface area contributed by atoms with Crippen LogP contribution in [0.15, 0.2) is 94.2 Å². The Morgan fingerprint density at radius 3 is 2.42 bits per heavy atom. The van der Waals surface area contributed by atoms with Gasteiger partial charge in [-0.25, -0.2) is 13.8 Å². The van der Waals surface area contributed by atoms with E-state index in [4.69, 9.17) is 0 Å². The minimum atomic E-state index is -0.324. The predicted octanol–water partition coefficient (Wildman–Crippen LogP) is 6.70. The molecule has 0 unspecified atom stereocenters. The van der Waals surface area contributed by atoms with Crippen molar-refractivity contribution in [2.45, 2.75) is 11.8 Å². The van der Waals surface area contributed by atoms with Gasteiger partial charge in [0.2, 0.25) is 0 Å². The lowest BCUT2D eigenvalue weighted by molar-refractivity contribution is 0.625. The van der Waals surface area contributed by atoms with Crippen molar-refractivity contribution in [1.29, 1.82) is 0 Å². The van der Waals surface area contributed by atoms with Crippen molar-refractivity contribution < 1.29 is 8.78 Å². The zero-order valence-corrected chi connectivity index (χ0v) is 15.0. The van der Waals surface area contributed by atoms with Gasteiger partial charge in [0, 0.05) is 10.5 Å². The predicted molar refractivity (Wildman–Crippen MR) is 105 cm³/mol. The largest absolute Gasteiger partial charge is 0.248 e. The van der Waals surface area contributed by atoms with Crippen LogP contribution in [0.1, 0.15) is 11.1 Å². The first-order chi connectivity index (χ1) is 12.6. The normalized spacial score (nSPS) is 11.9. The summed E-state index contributed by atoms with van der Waals surface area (Å²) in [6, 6.07) is 20.5. The fourth-order valence-electron chi connectivity index (χ4n) is 2.38. The molecule has 26 heavy (non-hydrogen) atoms. The summed E-state index contributed by atoms with van der Waals surface area (Å²) >= 11 is 1.42. The monoisotopic (exact) mass is 365 g/mol. The third-order valence-corrected chi connectivity index (χ3v) is 4.46. The highest BCUT2D eigenvalue weighted by Crippen LogP contribution is 2.22. The van der Waals surface area contributed by atoms with Crippen LogP contribution in [-0.2, 0) is 0 Å². The molecular weight excluding hydrogens is 348 g/mol. The van der Waals surface area contributed by atoms with E-state index in [9.17, 15) is 8.78 Å². The van der Waals surface area contributed by atoms with Gasteiger partial charge in [-0.15, -0.1) is 0 Å². The summed E-state index contributed by atoms with van der Waals surface area (Å²) in [7, 11) is 0. The van der Waals surface area contributed by atoms with E-state index < -0.39 is 0 Å². The van der Waals surface area contributed by atoms with Crippen molar-refractivity contribution in [2.24, 2.45) is 4.99 Å². The molecule has 0 spiro atoms. The molecule has 0 saturated heterocycles. The van der Waals surface area contributed by atoms with Gasteiger partial charge in [-0.05, 0) is 72.5 Å². The van der Waals surface area contributed by atoms with Crippen LogP contribution >= 0.6 is 11.8 Å². The van der Waals surface area contributed by atoms with Crippen LogP contribution in [-0.4, -0.2) is 5.71 Å². The Bertz CT molecular complexity index is 946. The first kappa shape index (κ1) is 18.1. The number of hydrogen-bond acceptors (Lipinski definition) is 2. The molecule has 0 aliphatic carbocycles. The summed E-state index contributed by atoms with van der Waals surface area (Å²) < 4.78 is 27.2. The van der Waals surface area contributed by atoms with Crippen LogP contribution in [0.4, 0.5) is 14.5 Å². The molecule has 0 N–H and O–H groups in total. The Morgan fingerprint density at radius 2 is 1.69 bits per heavy atom. The lowest BCUT2D eigenvalue weighted by atomic mass is 10.1. The second-order valence-corrected chi connectivity index (χ2v) is 6.67.